The summed E-state index contributed by atoms with van der Waals surface area (Å²) >= 11 is 0. The zero-order valence-electron chi connectivity index (χ0n) is 11.4. The molecule has 0 amide bonds. The van der Waals surface area contributed by atoms with E-state index in [9.17, 15) is 0 Å². The molecule has 2 aromatic rings. The Hall–Kier alpha value is -2.23. The summed E-state index contributed by atoms with van der Waals surface area (Å²) in [5.41, 5.74) is 1.82. The molecule has 0 fully saturated rings. The lowest BCUT2D eigenvalue weighted by Crippen LogP contribution is -2.00. The number of pyridine rings is 1. The van der Waals surface area contributed by atoms with Gasteiger partial charge in [-0.1, -0.05) is 6.07 Å². The molecule has 0 aliphatic rings. The van der Waals surface area contributed by atoms with Crippen molar-refractivity contribution in [1.82, 2.24) is 4.98 Å². The molecule has 4 heteroatoms. The summed E-state index contributed by atoms with van der Waals surface area (Å²) in [4.78, 5) is 4.56. The Morgan fingerprint density at radius 2 is 1.95 bits per heavy atom. The number of aromatic nitrogens is 1. The molecule has 19 heavy (non-hydrogen) atoms. The molecule has 0 radical (unpaired) electrons. The highest BCUT2D eigenvalue weighted by atomic mass is 16.5. The fourth-order valence-electron chi connectivity index (χ4n) is 1.87. The molecule has 100 valence electrons. The summed E-state index contributed by atoms with van der Waals surface area (Å²) in [6, 6.07) is 11.6. The van der Waals surface area contributed by atoms with Gasteiger partial charge in [-0.3, -0.25) is 0 Å². The number of hydrogen-bond donors (Lipinski definition) is 1. The van der Waals surface area contributed by atoms with Crippen LogP contribution in [0, 0.1) is 0 Å². The highest BCUT2D eigenvalue weighted by Gasteiger charge is 2.09. The molecule has 0 aliphatic carbocycles. The molecule has 0 bridgehead atoms. The Morgan fingerprint density at radius 1 is 1.11 bits per heavy atom. The first kappa shape index (κ1) is 13.2. The van der Waals surface area contributed by atoms with Gasteiger partial charge < -0.3 is 14.8 Å². The second kappa shape index (κ2) is 6.09. The summed E-state index contributed by atoms with van der Waals surface area (Å²) in [5.74, 6) is 2.38. The van der Waals surface area contributed by atoms with Crippen LogP contribution < -0.4 is 14.8 Å². The van der Waals surface area contributed by atoms with Crippen molar-refractivity contribution >= 4 is 5.82 Å². The molecule has 0 saturated heterocycles. The molecule has 0 atom stereocenters. The number of rotatable bonds is 5. The van der Waals surface area contributed by atoms with Crippen LogP contribution in [0.5, 0.6) is 11.5 Å². The lowest BCUT2D eigenvalue weighted by atomic mass is 10.1. The Morgan fingerprint density at radius 3 is 2.63 bits per heavy atom. The molecule has 1 aromatic carbocycles. The van der Waals surface area contributed by atoms with E-state index in [2.05, 4.69) is 10.3 Å². The van der Waals surface area contributed by atoms with Crippen LogP contribution in [0.3, 0.4) is 0 Å². The minimum atomic E-state index is 0.750. The van der Waals surface area contributed by atoms with E-state index < -0.39 is 0 Å². The van der Waals surface area contributed by atoms with Crippen LogP contribution in [-0.2, 0) is 0 Å². The Kier molecular flexibility index (Phi) is 4.23. The highest BCUT2D eigenvalue weighted by Crippen LogP contribution is 2.32. The number of methoxy groups -OCH3 is 2. The summed E-state index contributed by atoms with van der Waals surface area (Å²) in [6.07, 6.45) is 0. The minimum Gasteiger partial charge on any atom is -0.497 e. The summed E-state index contributed by atoms with van der Waals surface area (Å²) < 4.78 is 10.6. The molecule has 1 heterocycles. The lowest BCUT2D eigenvalue weighted by Gasteiger charge is -2.11. The van der Waals surface area contributed by atoms with Gasteiger partial charge in [-0.15, -0.1) is 0 Å². The second-order valence-corrected chi connectivity index (χ2v) is 4.00. The van der Waals surface area contributed by atoms with E-state index in [1.165, 1.54) is 0 Å². The van der Waals surface area contributed by atoms with Gasteiger partial charge in [-0.05, 0) is 31.2 Å². The molecular weight excluding hydrogens is 240 g/mol. The second-order valence-electron chi connectivity index (χ2n) is 4.00. The van der Waals surface area contributed by atoms with E-state index in [0.717, 1.165) is 35.1 Å². The van der Waals surface area contributed by atoms with E-state index in [0.29, 0.717) is 0 Å². The van der Waals surface area contributed by atoms with Crippen LogP contribution in [0.1, 0.15) is 6.92 Å². The number of hydrogen-bond acceptors (Lipinski definition) is 4. The molecule has 0 aliphatic heterocycles. The zero-order valence-corrected chi connectivity index (χ0v) is 11.4. The Labute approximate surface area is 113 Å². The number of anilines is 1. The van der Waals surface area contributed by atoms with Crippen molar-refractivity contribution in [2.24, 2.45) is 0 Å². The average molecular weight is 258 g/mol. The fourth-order valence-corrected chi connectivity index (χ4v) is 1.87. The first-order valence-electron chi connectivity index (χ1n) is 6.21. The topological polar surface area (TPSA) is 43.4 Å². The Bertz CT molecular complexity index is 556. The molecule has 2 rings (SSSR count). The monoisotopic (exact) mass is 258 g/mol. The number of ether oxygens (including phenoxy) is 2. The van der Waals surface area contributed by atoms with E-state index in [1.54, 1.807) is 14.2 Å². The van der Waals surface area contributed by atoms with Gasteiger partial charge in [0, 0.05) is 18.2 Å². The Balaban J connectivity index is 2.43. The van der Waals surface area contributed by atoms with Crippen molar-refractivity contribution in [3.63, 3.8) is 0 Å². The smallest absolute Gasteiger partial charge is 0.131 e. The summed E-state index contributed by atoms with van der Waals surface area (Å²) in [7, 11) is 3.28. The first-order valence-corrected chi connectivity index (χ1v) is 6.21. The highest BCUT2D eigenvalue weighted by molar-refractivity contribution is 5.69. The van der Waals surface area contributed by atoms with Gasteiger partial charge in [-0.2, -0.15) is 0 Å². The van der Waals surface area contributed by atoms with Crippen LogP contribution in [-0.4, -0.2) is 25.7 Å². The predicted molar refractivity (Wildman–Crippen MR) is 76.9 cm³/mol. The van der Waals surface area contributed by atoms with Gasteiger partial charge in [0.1, 0.15) is 17.3 Å². The van der Waals surface area contributed by atoms with Crippen molar-refractivity contribution in [3.8, 4) is 22.8 Å². The molecule has 1 aromatic heterocycles. The normalized spacial score (nSPS) is 10.1. The van der Waals surface area contributed by atoms with Crippen molar-refractivity contribution in [2.45, 2.75) is 6.92 Å². The molecule has 0 saturated carbocycles. The van der Waals surface area contributed by atoms with Gasteiger partial charge in [0.2, 0.25) is 0 Å². The summed E-state index contributed by atoms with van der Waals surface area (Å²) in [6.45, 7) is 2.89. The first-order chi connectivity index (χ1) is 9.28. The van der Waals surface area contributed by atoms with E-state index in [4.69, 9.17) is 9.47 Å². The van der Waals surface area contributed by atoms with Gasteiger partial charge in [0.25, 0.3) is 0 Å². The van der Waals surface area contributed by atoms with Crippen molar-refractivity contribution in [3.05, 3.63) is 36.4 Å². The van der Waals surface area contributed by atoms with Gasteiger partial charge in [-0.25, -0.2) is 4.98 Å². The van der Waals surface area contributed by atoms with Crippen molar-refractivity contribution in [2.75, 3.05) is 26.1 Å². The van der Waals surface area contributed by atoms with Gasteiger partial charge in [0.15, 0.2) is 0 Å². The van der Waals surface area contributed by atoms with Gasteiger partial charge in [0.05, 0.1) is 19.9 Å². The molecule has 1 N–H and O–H groups in total. The molecule has 4 nitrogen and oxygen atoms in total. The van der Waals surface area contributed by atoms with Gasteiger partial charge >= 0.3 is 0 Å². The van der Waals surface area contributed by atoms with Crippen LogP contribution >= 0.6 is 0 Å². The largest absolute Gasteiger partial charge is 0.497 e. The number of nitrogens with zero attached hydrogens (tertiary/aromatic N) is 1. The third-order valence-corrected chi connectivity index (χ3v) is 2.79. The van der Waals surface area contributed by atoms with Crippen LogP contribution in [0.2, 0.25) is 0 Å². The standard InChI is InChI=1S/C15H18N2O2/c1-4-16-15-7-5-6-13(17-15)12-9-8-11(18-2)10-14(12)19-3/h5-10H,4H2,1-3H3,(H,16,17). The SMILES string of the molecule is CCNc1cccc(-c2ccc(OC)cc2OC)n1. The maximum absolute atomic E-state index is 5.40. The molecular formula is C15H18N2O2. The van der Waals surface area contributed by atoms with Crippen LogP contribution in [0.25, 0.3) is 11.3 Å². The van der Waals surface area contributed by atoms with Crippen molar-refractivity contribution in [1.29, 1.82) is 0 Å². The minimum absolute atomic E-state index is 0.750. The van der Waals surface area contributed by atoms with E-state index in [1.807, 2.05) is 43.3 Å². The maximum atomic E-state index is 5.40. The maximum Gasteiger partial charge on any atom is 0.131 e. The summed E-state index contributed by atoms with van der Waals surface area (Å²) in [5, 5.41) is 3.20. The third kappa shape index (κ3) is 2.96. The molecule has 0 unspecified atom stereocenters. The van der Waals surface area contributed by atoms with E-state index in [-0.39, 0.29) is 0 Å². The number of benzene rings is 1. The quantitative estimate of drug-likeness (QED) is 0.894. The predicted octanol–water partition coefficient (Wildman–Crippen LogP) is 3.20. The van der Waals surface area contributed by atoms with Crippen LogP contribution in [0.15, 0.2) is 36.4 Å². The zero-order chi connectivity index (χ0) is 13.7. The number of nitrogens with one attached hydrogen (secondary N) is 1. The van der Waals surface area contributed by atoms with Crippen molar-refractivity contribution < 1.29 is 9.47 Å². The van der Waals surface area contributed by atoms with E-state index >= 15 is 0 Å². The fraction of sp³-hybridized carbons (Fsp3) is 0.267. The molecule has 0 spiro atoms. The third-order valence-electron chi connectivity index (χ3n) is 2.79. The average Bonchev–Trinajstić information content (AvgIpc) is 2.47. The van der Waals surface area contributed by atoms with Crippen LogP contribution in [0.4, 0.5) is 5.82 Å². The lowest BCUT2D eigenvalue weighted by molar-refractivity contribution is 0.395.